The van der Waals surface area contributed by atoms with Crippen molar-refractivity contribution in [2.75, 3.05) is 6.54 Å². The Morgan fingerprint density at radius 2 is 2.25 bits per heavy atom. The van der Waals surface area contributed by atoms with Crippen LogP contribution in [0.4, 0.5) is 0 Å². The third-order valence-electron chi connectivity index (χ3n) is 4.48. The van der Waals surface area contributed by atoms with Crippen LogP contribution < -0.4 is 10.1 Å². The minimum atomic E-state index is -0.399. The molecule has 2 aliphatic heterocycles. The second-order valence-corrected chi connectivity index (χ2v) is 6.53. The van der Waals surface area contributed by atoms with Crippen molar-refractivity contribution >= 4 is 28.9 Å². The lowest BCUT2D eigenvalue weighted by Gasteiger charge is -2.56. The zero-order chi connectivity index (χ0) is 14.5. The Labute approximate surface area is 130 Å². The van der Waals surface area contributed by atoms with Gasteiger partial charge in [0.1, 0.15) is 5.75 Å². The molecule has 5 heteroatoms. The molecule has 2 aliphatic rings. The number of benzene rings is 1. The molecular weight excluding hydrogens is 292 g/mol. The summed E-state index contributed by atoms with van der Waals surface area (Å²) in [6.07, 6.45) is 1.03. The third kappa shape index (κ3) is 1.89. The third-order valence-corrected chi connectivity index (χ3v) is 5.05. The molecule has 3 nitrogen and oxygen atoms in total. The van der Waals surface area contributed by atoms with E-state index in [0.717, 1.165) is 34.4 Å². The van der Waals surface area contributed by atoms with Gasteiger partial charge in [-0.05, 0) is 43.8 Å². The highest BCUT2D eigenvalue weighted by Crippen LogP contribution is 2.48. The van der Waals surface area contributed by atoms with Gasteiger partial charge in [-0.2, -0.15) is 0 Å². The summed E-state index contributed by atoms with van der Waals surface area (Å²) in [5.41, 5.74) is 0.699. The van der Waals surface area contributed by atoms with E-state index in [4.69, 9.17) is 28.6 Å². The second kappa shape index (κ2) is 4.78. The van der Waals surface area contributed by atoms with E-state index in [0.29, 0.717) is 0 Å². The average Bonchev–Trinajstić information content (AvgIpc) is 2.40. The van der Waals surface area contributed by atoms with Crippen molar-refractivity contribution in [2.45, 2.75) is 39.0 Å². The molecule has 3 unspecified atom stereocenters. The first-order valence-corrected chi connectivity index (χ1v) is 7.82. The summed E-state index contributed by atoms with van der Waals surface area (Å²) < 4.78 is 6.33. The predicted molar refractivity (Wildman–Crippen MR) is 85.1 cm³/mol. The first-order chi connectivity index (χ1) is 9.47. The fourth-order valence-electron chi connectivity index (χ4n) is 3.21. The fraction of sp³-hybridized carbons (Fsp3) is 0.533. The summed E-state index contributed by atoms with van der Waals surface area (Å²) in [7, 11) is 0. The molecule has 1 fully saturated rings. The highest BCUT2D eigenvalue weighted by molar-refractivity contribution is 7.80. The highest BCUT2D eigenvalue weighted by Gasteiger charge is 2.52. The standard InChI is InChI=1S/C15H19ClN2OS/c1-4-7-18-14(20)17-13-9(2)15(18,3)19-12-6-5-10(16)8-11(12)13/h5-6,8-9,13H,4,7H2,1-3H3,(H,17,20). The maximum Gasteiger partial charge on any atom is 0.186 e. The summed E-state index contributed by atoms with van der Waals surface area (Å²) in [5.74, 6) is 1.18. The van der Waals surface area contributed by atoms with E-state index in [2.05, 4.69) is 31.0 Å². The smallest absolute Gasteiger partial charge is 0.186 e. The number of fused-ring (bicyclic) bond motifs is 4. The summed E-state index contributed by atoms with van der Waals surface area (Å²) in [5, 5.41) is 4.96. The SMILES string of the molecule is CCCN1C(=S)NC2c3cc(Cl)ccc3OC1(C)C2C. The molecule has 1 aromatic rings. The minimum absolute atomic E-state index is 0.156. The Kier molecular flexibility index (Phi) is 3.33. The molecular formula is C15H19ClN2OS. The lowest BCUT2D eigenvalue weighted by molar-refractivity contribution is -0.110. The fourth-order valence-corrected chi connectivity index (χ4v) is 3.79. The van der Waals surface area contributed by atoms with Gasteiger partial charge in [-0.3, -0.25) is 0 Å². The van der Waals surface area contributed by atoms with E-state index in [1.54, 1.807) is 0 Å². The molecule has 0 radical (unpaired) electrons. The summed E-state index contributed by atoms with van der Waals surface area (Å²) in [6, 6.07) is 5.96. The molecule has 2 bridgehead atoms. The van der Waals surface area contributed by atoms with Crippen molar-refractivity contribution in [3.63, 3.8) is 0 Å². The van der Waals surface area contributed by atoms with Crippen molar-refractivity contribution in [2.24, 2.45) is 5.92 Å². The highest BCUT2D eigenvalue weighted by atomic mass is 35.5. The van der Waals surface area contributed by atoms with Gasteiger partial charge >= 0.3 is 0 Å². The Bertz CT molecular complexity index is 565. The first-order valence-electron chi connectivity index (χ1n) is 7.04. The quantitative estimate of drug-likeness (QED) is 0.841. The molecule has 1 N–H and O–H groups in total. The number of hydrogen-bond acceptors (Lipinski definition) is 2. The van der Waals surface area contributed by atoms with Crippen LogP contribution in [0.1, 0.15) is 38.8 Å². The Morgan fingerprint density at radius 3 is 2.95 bits per heavy atom. The lowest BCUT2D eigenvalue weighted by atomic mass is 9.81. The van der Waals surface area contributed by atoms with Crippen LogP contribution in [-0.2, 0) is 0 Å². The van der Waals surface area contributed by atoms with E-state index < -0.39 is 5.72 Å². The minimum Gasteiger partial charge on any atom is -0.467 e. The number of hydrogen-bond donors (Lipinski definition) is 1. The Balaban J connectivity index is 2.09. The molecule has 1 aromatic carbocycles. The van der Waals surface area contributed by atoms with Gasteiger partial charge in [0.15, 0.2) is 10.8 Å². The van der Waals surface area contributed by atoms with Crippen molar-refractivity contribution < 1.29 is 4.74 Å². The predicted octanol–water partition coefficient (Wildman–Crippen LogP) is 3.73. The molecule has 2 heterocycles. The van der Waals surface area contributed by atoms with Gasteiger partial charge in [0.25, 0.3) is 0 Å². The van der Waals surface area contributed by atoms with E-state index in [9.17, 15) is 0 Å². The van der Waals surface area contributed by atoms with Crippen molar-refractivity contribution in [3.8, 4) is 5.75 Å². The molecule has 0 amide bonds. The summed E-state index contributed by atoms with van der Waals surface area (Å²) >= 11 is 11.7. The van der Waals surface area contributed by atoms with Crippen LogP contribution in [0.25, 0.3) is 0 Å². The number of halogens is 1. The van der Waals surface area contributed by atoms with Gasteiger partial charge in [-0.15, -0.1) is 0 Å². The largest absolute Gasteiger partial charge is 0.467 e. The number of nitrogens with one attached hydrogen (secondary N) is 1. The topological polar surface area (TPSA) is 24.5 Å². The van der Waals surface area contributed by atoms with Crippen LogP contribution in [0.3, 0.4) is 0 Å². The van der Waals surface area contributed by atoms with Gasteiger partial charge in [-0.25, -0.2) is 0 Å². The van der Waals surface area contributed by atoms with Gasteiger partial charge in [-0.1, -0.05) is 25.4 Å². The lowest BCUT2D eigenvalue weighted by Crippen LogP contribution is -2.68. The zero-order valence-electron chi connectivity index (χ0n) is 11.9. The molecule has 108 valence electrons. The zero-order valence-corrected chi connectivity index (χ0v) is 13.5. The molecule has 0 saturated carbocycles. The molecule has 0 spiro atoms. The van der Waals surface area contributed by atoms with E-state index in [1.165, 1.54) is 0 Å². The van der Waals surface area contributed by atoms with Crippen LogP contribution in [0.2, 0.25) is 5.02 Å². The van der Waals surface area contributed by atoms with E-state index >= 15 is 0 Å². The van der Waals surface area contributed by atoms with Crippen LogP contribution >= 0.6 is 23.8 Å². The molecule has 1 saturated heterocycles. The summed E-state index contributed by atoms with van der Waals surface area (Å²) in [6.45, 7) is 7.37. The molecule has 3 atom stereocenters. The van der Waals surface area contributed by atoms with Crippen molar-refractivity contribution in [1.82, 2.24) is 10.2 Å². The first kappa shape index (κ1) is 14.0. The van der Waals surface area contributed by atoms with Gasteiger partial charge in [0, 0.05) is 23.0 Å². The maximum absolute atomic E-state index is 6.33. The van der Waals surface area contributed by atoms with E-state index in [-0.39, 0.29) is 12.0 Å². The van der Waals surface area contributed by atoms with Crippen LogP contribution in [0.5, 0.6) is 5.75 Å². The number of ether oxygens (including phenoxy) is 1. The monoisotopic (exact) mass is 310 g/mol. The molecule has 20 heavy (non-hydrogen) atoms. The van der Waals surface area contributed by atoms with E-state index in [1.807, 2.05) is 18.2 Å². The van der Waals surface area contributed by atoms with Crippen LogP contribution in [-0.4, -0.2) is 22.3 Å². The Hall–Kier alpha value is -1.00. The van der Waals surface area contributed by atoms with Crippen LogP contribution in [0.15, 0.2) is 18.2 Å². The van der Waals surface area contributed by atoms with Crippen LogP contribution in [0, 0.1) is 5.92 Å². The Morgan fingerprint density at radius 1 is 1.50 bits per heavy atom. The van der Waals surface area contributed by atoms with Crippen molar-refractivity contribution in [3.05, 3.63) is 28.8 Å². The molecule has 3 rings (SSSR count). The number of nitrogens with zero attached hydrogens (tertiary/aromatic N) is 1. The maximum atomic E-state index is 6.33. The second-order valence-electron chi connectivity index (χ2n) is 5.71. The summed E-state index contributed by atoms with van der Waals surface area (Å²) in [4.78, 5) is 2.17. The number of thiocarbonyl (C=S) groups is 1. The van der Waals surface area contributed by atoms with Gasteiger partial charge in [0.05, 0.1) is 6.04 Å². The molecule has 0 aliphatic carbocycles. The normalized spacial score (nSPS) is 31.4. The van der Waals surface area contributed by atoms with Crippen molar-refractivity contribution in [1.29, 1.82) is 0 Å². The number of rotatable bonds is 2. The van der Waals surface area contributed by atoms with Gasteiger partial charge in [0.2, 0.25) is 0 Å². The molecule has 0 aromatic heterocycles. The van der Waals surface area contributed by atoms with Gasteiger partial charge < -0.3 is 15.0 Å². The average molecular weight is 311 g/mol.